The summed E-state index contributed by atoms with van der Waals surface area (Å²) < 4.78 is 16.3. The van der Waals surface area contributed by atoms with Crippen LogP contribution in [0.5, 0.6) is 11.5 Å². The lowest BCUT2D eigenvalue weighted by molar-refractivity contribution is -0.123. The first-order valence-electron chi connectivity index (χ1n) is 9.48. The monoisotopic (exact) mass is 405 g/mol. The lowest BCUT2D eigenvalue weighted by Gasteiger charge is -2.15. The van der Waals surface area contributed by atoms with E-state index in [-0.39, 0.29) is 0 Å². The van der Waals surface area contributed by atoms with Crippen LogP contribution in [0.2, 0.25) is 0 Å². The number of esters is 1. The average Bonchev–Trinajstić information content (AvgIpc) is 2.79. The molecule has 30 heavy (non-hydrogen) atoms. The van der Waals surface area contributed by atoms with Crippen molar-refractivity contribution >= 4 is 17.6 Å². The van der Waals surface area contributed by atoms with Crippen molar-refractivity contribution in [1.82, 2.24) is 0 Å². The number of nitrogens with one attached hydrogen (secondary N) is 1. The number of hydrogen-bond donors (Lipinski definition) is 1. The summed E-state index contributed by atoms with van der Waals surface area (Å²) in [5.74, 6) is -0.000702. The minimum absolute atomic E-state index is 0.303. The first kappa shape index (κ1) is 20.9. The van der Waals surface area contributed by atoms with Gasteiger partial charge < -0.3 is 19.5 Å². The van der Waals surface area contributed by atoms with Gasteiger partial charge in [-0.25, -0.2) is 4.79 Å². The fourth-order valence-electron chi connectivity index (χ4n) is 2.72. The van der Waals surface area contributed by atoms with Crippen LogP contribution in [0.25, 0.3) is 0 Å². The van der Waals surface area contributed by atoms with Crippen LogP contribution in [0.1, 0.15) is 22.8 Å². The second-order valence-corrected chi connectivity index (χ2v) is 6.54. The van der Waals surface area contributed by atoms with Crippen molar-refractivity contribution in [3.63, 3.8) is 0 Å². The molecular formula is C24H23NO5. The lowest BCUT2D eigenvalue weighted by atomic mass is 10.2. The number of methoxy groups -OCH3 is 1. The number of hydrogen-bond acceptors (Lipinski definition) is 5. The fourth-order valence-corrected chi connectivity index (χ4v) is 2.72. The SMILES string of the molecule is COc1ccccc1NC(=O)[C@H](C)OC(=O)c1cccc(OCc2ccccc2)c1. The number of amides is 1. The van der Waals surface area contributed by atoms with Crippen LogP contribution in [-0.2, 0) is 16.1 Å². The standard InChI is InChI=1S/C24H23NO5/c1-17(23(26)25-21-13-6-7-14-22(21)28-2)30-24(27)19-11-8-12-20(15-19)29-16-18-9-4-3-5-10-18/h3-15,17H,16H2,1-2H3,(H,25,26)/t17-/m0/s1. The van der Waals surface area contributed by atoms with Crippen molar-refractivity contribution in [2.45, 2.75) is 19.6 Å². The number of para-hydroxylation sites is 2. The van der Waals surface area contributed by atoms with Crippen molar-refractivity contribution in [2.24, 2.45) is 0 Å². The maximum atomic E-state index is 12.5. The zero-order chi connectivity index (χ0) is 21.3. The molecule has 1 atom stereocenters. The summed E-state index contributed by atoms with van der Waals surface area (Å²) >= 11 is 0. The van der Waals surface area contributed by atoms with Gasteiger partial charge in [0, 0.05) is 0 Å². The molecule has 3 aromatic rings. The Kier molecular flexibility index (Phi) is 7.05. The molecule has 6 heteroatoms. The molecule has 0 bridgehead atoms. The van der Waals surface area contributed by atoms with Crippen molar-refractivity contribution in [2.75, 3.05) is 12.4 Å². The highest BCUT2D eigenvalue weighted by Gasteiger charge is 2.20. The van der Waals surface area contributed by atoms with Gasteiger partial charge in [-0.15, -0.1) is 0 Å². The second kappa shape index (κ2) is 10.1. The van der Waals surface area contributed by atoms with Gasteiger partial charge in [0.25, 0.3) is 5.91 Å². The first-order valence-corrected chi connectivity index (χ1v) is 9.48. The summed E-state index contributed by atoms with van der Waals surface area (Å²) in [7, 11) is 1.52. The molecule has 0 radical (unpaired) electrons. The van der Waals surface area contributed by atoms with Crippen molar-refractivity contribution in [1.29, 1.82) is 0 Å². The summed E-state index contributed by atoms with van der Waals surface area (Å²) in [6.07, 6.45) is -0.990. The quantitative estimate of drug-likeness (QED) is 0.560. The van der Waals surface area contributed by atoms with Gasteiger partial charge in [0.15, 0.2) is 6.10 Å². The van der Waals surface area contributed by atoms with E-state index >= 15 is 0 Å². The molecule has 154 valence electrons. The topological polar surface area (TPSA) is 73.9 Å². The highest BCUT2D eigenvalue weighted by atomic mass is 16.5. The van der Waals surface area contributed by atoms with Gasteiger partial charge in [-0.05, 0) is 42.8 Å². The van der Waals surface area contributed by atoms with Crippen LogP contribution < -0.4 is 14.8 Å². The van der Waals surface area contributed by atoms with Crippen LogP contribution in [-0.4, -0.2) is 25.1 Å². The van der Waals surface area contributed by atoms with Gasteiger partial charge in [0.1, 0.15) is 18.1 Å². The molecular weight excluding hydrogens is 382 g/mol. The molecule has 3 aromatic carbocycles. The van der Waals surface area contributed by atoms with Crippen LogP contribution in [0, 0.1) is 0 Å². The molecule has 0 aliphatic carbocycles. The molecule has 1 amide bonds. The van der Waals surface area contributed by atoms with Gasteiger partial charge >= 0.3 is 5.97 Å². The number of benzene rings is 3. The molecule has 0 heterocycles. The molecule has 6 nitrogen and oxygen atoms in total. The molecule has 3 rings (SSSR count). The summed E-state index contributed by atoms with van der Waals surface area (Å²) in [6.45, 7) is 1.90. The Morgan fingerprint density at radius 1 is 0.933 bits per heavy atom. The number of anilines is 1. The van der Waals surface area contributed by atoms with E-state index in [0.29, 0.717) is 29.4 Å². The Bertz CT molecular complexity index is 1000. The summed E-state index contributed by atoms with van der Waals surface area (Å²) in [5.41, 5.74) is 1.83. The summed E-state index contributed by atoms with van der Waals surface area (Å²) in [5, 5.41) is 2.70. The Hall–Kier alpha value is -3.80. The number of carbonyl (C=O) groups excluding carboxylic acids is 2. The van der Waals surface area contributed by atoms with Gasteiger partial charge in [-0.2, -0.15) is 0 Å². The molecule has 0 aliphatic heterocycles. The van der Waals surface area contributed by atoms with Crippen LogP contribution in [0.15, 0.2) is 78.9 Å². The summed E-state index contributed by atoms with van der Waals surface area (Å²) in [4.78, 5) is 24.9. The third kappa shape index (κ3) is 5.61. The molecule has 0 unspecified atom stereocenters. The fraction of sp³-hybridized carbons (Fsp3) is 0.167. The predicted molar refractivity (Wildman–Crippen MR) is 114 cm³/mol. The largest absolute Gasteiger partial charge is 0.495 e. The highest BCUT2D eigenvalue weighted by Crippen LogP contribution is 2.23. The average molecular weight is 405 g/mol. The maximum absolute atomic E-state index is 12.5. The first-order chi connectivity index (χ1) is 14.6. The molecule has 0 aromatic heterocycles. The van der Waals surface area contributed by atoms with Gasteiger partial charge in [-0.1, -0.05) is 48.5 Å². The summed E-state index contributed by atoms with van der Waals surface area (Å²) in [6, 6.07) is 23.4. The normalized spacial score (nSPS) is 11.3. The smallest absolute Gasteiger partial charge is 0.339 e. The van der Waals surface area contributed by atoms with Crippen molar-refractivity contribution < 1.29 is 23.8 Å². The van der Waals surface area contributed by atoms with Crippen LogP contribution in [0.4, 0.5) is 5.69 Å². The van der Waals surface area contributed by atoms with E-state index in [9.17, 15) is 9.59 Å². The Balaban J connectivity index is 1.59. The van der Waals surface area contributed by atoms with E-state index in [2.05, 4.69) is 5.32 Å². The van der Waals surface area contributed by atoms with Crippen molar-refractivity contribution in [3.05, 3.63) is 90.0 Å². The minimum atomic E-state index is -0.990. The molecule has 1 N–H and O–H groups in total. The molecule has 0 fully saturated rings. The Labute approximate surface area is 175 Å². The molecule has 0 saturated heterocycles. The lowest BCUT2D eigenvalue weighted by Crippen LogP contribution is -2.30. The maximum Gasteiger partial charge on any atom is 0.339 e. The van der Waals surface area contributed by atoms with E-state index < -0.39 is 18.0 Å². The third-order valence-corrected chi connectivity index (χ3v) is 4.34. The van der Waals surface area contributed by atoms with Crippen LogP contribution in [0.3, 0.4) is 0 Å². The minimum Gasteiger partial charge on any atom is -0.495 e. The number of rotatable bonds is 8. The van der Waals surface area contributed by atoms with E-state index in [1.54, 1.807) is 48.5 Å². The van der Waals surface area contributed by atoms with E-state index in [0.717, 1.165) is 5.56 Å². The second-order valence-electron chi connectivity index (χ2n) is 6.54. The van der Waals surface area contributed by atoms with E-state index in [4.69, 9.17) is 14.2 Å². The van der Waals surface area contributed by atoms with Gasteiger partial charge in [-0.3, -0.25) is 4.79 Å². The molecule has 0 saturated carbocycles. The Morgan fingerprint density at radius 2 is 1.67 bits per heavy atom. The predicted octanol–water partition coefficient (Wildman–Crippen LogP) is 4.46. The van der Waals surface area contributed by atoms with E-state index in [1.807, 2.05) is 30.3 Å². The zero-order valence-electron chi connectivity index (χ0n) is 16.8. The van der Waals surface area contributed by atoms with Crippen molar-refractivity contribution in [3.8, 4) is 11.5 Å². The zero-order valence-corrected chi connectivity index (χ0v) is 16.8. The molecule has 0 spiro atoms. The van der Waals surface area contributed by atoms with Crippen LogP contribution >= 0.6 is 0 Å². The number of ether oxygens (including phenoxy) is 3. The van der Waals surface area contributed by atoms with Gasteiger partial charge in [0.05, 0.1) is 18.4 Å². The highest BCUT2D eigenvalue weighted by molar-refractivity contribution is 5.98. The third-order valence-electron chi connectivity index (χ3n) is 4.34. The molecule has 0 aliphatic rings. The van der Waals surface area contributed by atoms with E-state index in [1.165, 1.54) is 14.0 Å². The number of carbonyl (C=O) groups is 2. The Morgan fingerprint density at radius 3 is 2.43 bits per heavy atom. The van der Waals surface area contributed by atoms with Gasteiger partial charge in [0.2, 0.25) is 0 Å².